The molecule has 1 rings (SSSR count). The Morgan fingerprint density at radius 3 is 2.50 bits per heavy atom. The summed E-state index contributed by atoms with van der Waals surface area (Å²) in [5.74, 6) is -1.42. The monoisotopic (exact) mass is 157 g/mol. The molecular weight excluding hydrogens is 156 g/mol. The van der Waals surface area contributed by atoms with Gasteiger partial charge in [0.25, 0.3) is 0 Å². The Morgan fingerprint density at radius 1 is 1.50 bits per heavy atom. The molecule has 0 aliphatic heterocycles. The molecule has 0 aliphatic carbocycles. The number of nitrogens with zero attached hydrogens (tertiary/aromatic N) is 2. The summed E-state index contributed by atoms with van der Waals surface area (Å²) in [4.78, 5) is 17.0. The van der Waals surface area contributed by atoms with Gasteiger partial charge >= 0.3 is 0 Å². The van der Waals surface area contributed by atoms with Crippen LogP contribution in [0, 0.1) is 0 Å². The average molecular weight is 158 g/mol. The van der Waals surface area contributed by atoms with Crippen molar-refractivity contribution in [3.63, 3.8) is 0 Å². The second-order valence-electron chi connectivity index (χ2n) is 1.48. The highest BCUT2D eigenvalue weighted by atomic mass is 35.5. The maximum absolute atomic E-state index is 10.1. The summed E-state index contributed by atoms with van der Waals surface area (Å²) in [7, 11) is 0. The molecule has 4 nitrogen and oxygen atoms in total. The number of carboxylic acids is 1. The van der Waals surface area contributed by atoms with Crippen molar-refractivity contribution >= 4 is 17.6 Å². The first-order valence-corrected chi connectivity index (χ1v) is 2.77. The van der Waals surface area contributed by atoms with E-state index in [1.165, 1.54) is 12.4 Å². The second-order valence-corrected chi connectivity index (χ2v) is 1.84. The lowest BCUT2D eigenvalue weighted by Crippen LogP contribution is -2.24. The van der Waals surface area contributed by atoms with Crippen LogP contribution in [-0.4, -0.2) is 15.9 Å². The number of hydrogen-bond acceptors (Lipinski definition) is 4. The Hall–Kier alpha value is -1.16. The summed E-state index contributed by atoms with van der Waals surface area (Å²) in [6.45, 7) is 0. The molecule has 52 valence electrons. The lowest BCUT2D eigenvalue weighted by atomic mass is 10.5. The summed E-state index contributed by atoms with van der Waals surface area (Å²) in [5.41, 5.74) is -0.329. The van der Waals surface area contributed by atoms with Gasteiger partial charge in [-0.3, -0.25) is 4.98 Å². The standard InChI is InChI=1S/C5H3ClN2O2/c6-4-3(5(9)10)7-1-2-8-4/h1-2H,(H,9,10)/p-1. The molecule has 0 spiro atoms. The molecule has 1 aromatic rings. The predicted octanol–water partition coefficient (Wildman–Crippen LogP) is -0.507. The average Bonchev–Trinajstić information content (AvgIpc) is 1.88. The number of halogens is 1. The van der Waals surface area contributed by atoms with Crippen LogP contribution in [-0.2, 0) is 0 Å². The van der Waals surface area contributed by atoms with E-state index in [-0.39, 0.29) is 10.8 Å². The van der Waals surface area contributed by atoms with Crippen LogP contribution in [0.2, 0.25) is 5.15 Å². The van der Waals surface area contributed by atoms with E-state index >= 15 is 0 Å². The van der Waals surface area contributed by atoms with E-state index < -0.39 is 5.97 Å². The highest BCUT2D eigenvalue weighted by Gasteiger charge is 2.00. The molecule has 0 bridgehead atoms. The van der Waals surface area contributed by atoms with Crippen LogP contribution in [0.4, 0.5) is 0 Å². The summed E-state index contributed by atoms with van der Waals surface area (Å²) >= 11 is 5.32. The zero-order valence-electron chi connectivity index (χ0n) is 4.74. The van der Waals surface area contributed by atoms with E-state index in [2.05, 4.69) is 9.97 Å². The largest absolute Gasteiger partial charge is 0.543 e. The summed E-state index contributed by atoms with van der Waals surface area (Å²) in [5, 5.41) is 9.97. The highest BCUT2D eigenvalue weighted by molar-refractivity contribution is 6.31. The van der Waals surface area contributed by atoms with Crippen molar-refractivity contribution in [2.45, 2.75) is 0 Å². The first-order chi connectivity index (χ1) is 4.72. The van der Waals surface area contributed by atoms with Crippen molar-refractivity contribution < 1.29 is 9.90 Å². The molecule has 0 atom stereocenters. The van der Waals surface area contributed by atoms with Gasteiger partial charge < -0.3 is 9.90 Å². The van der Waals surface area contributed by atoms with Crippen LogP contribution in [0.1, 0.15) is 10.5 Å². The number of rotatable bonds is 1. The first-order valence-electron chi connectivity index (χ1n) is 2.39. The fraction of sp³-hybridized carbons (Fsp3) is 0. The lowest BCUT2D eigenvalue weighted by Gasteiger charge is -1.99. The van der Waals surface area contributed by atoms with E-state index in [0.717, 1.165) is 0 Å². The fourth-order valence-electron chi connectivity index (χ4n) is 0.458. The van der Waals surface area contributed by atoms with Gasteiger partial charge in [-0.2, -0.15) is 0 Å². The number of hydrogen-bond donors (Lipinski definition) is 0. The molecule has 5 heteroatoms. The van der Waals surface area contributed by atoms with E-state index in [1.54, 1.807) is 0 Å². The van der Waals surface area contributed by atoms with E-state index in [9.17, 15) is 9.90 Å². The molecule has 0 unspecified atom stereocenters. The van der Waals surface area contributed by atoms with Crippen LogP contribution < -0.4 is 5.11 Å². The first kappa shape index (κ1) is 6.95. The van der Waals surface area contributed by atoms with Crippen LogP contribution in [0.5, 0.6) is 0 Å². The van der Waals surface area contributed by atoms with Crippen molar-refractivity contribution in [3.8, 4) is 0 Å². The van der Waals surface area contributed by atoms with Crippen LogP contribution in [0.25, 0.3) is 0 Å². The molecule has 0 radical (unpaired) electrons. The van der Waals surface area contributed by atoms with Crippen molar-refractivity contribution in [3.05, 3.63) is 23.2 Å². The van der Waals surface area contributed by atoms with Gasteiger partial charge in [-0.05, 0) is 0 Å². The number of aromatic nitrogens is 2. The minimum absolute atomic E-state index is 0.150. The lowest BCUT2D eigenvalue weighted by molar-refractivity contribution is -0.255. The van der Waals surface area contributed by atoms with Gasteiger partial charge in [-0.15, -0.1) is 0 Å². The van der Waals surface area contributed by atoms with Gasteiger partial charge in [0, 0.05) is 12.4 Å². The summed E-state index contributed by atoms with van der Waals surface area (Å²) in [6.07, 6.45) is 2.53. The Bertz CT molecular complexity index is 264. The summed E-state index contributed by atoms with van der Waals surface area (Å²) in [6, 6.07) is 0. The Morgan fingerprint density at radius 2 is 2.10 bits per heavy atom. The van der Waals surface area contributed by atoms with Crippen molar-refractivity contribution in [1.29, 1.82) is 0 Å². The normalized spacial score (nSPS) is 9.30. The van der Waals surface area contributed by atoms with Crippen molar-refractivity contribution in [1.82, 2.24) is 9.97 Å². The van der Waals surface area contributed by atoms with Gasteiger partial charge in [0.1, 0.15) is 5.69 Å². The Labute approximate surface area is 61.5 Å². The SMILES string of the molecule is O=C([O-])c1nccnc1Cl. The third-order valence-corrected chi connectivity index (χ3v) is 1.12. The van der Waals surface area contributed by atoms with Crippen LogP contribution in [0.3, 0.4) is 0 Å². The molecule has 0 saturated carbocycles. The number of carbonyl (C=O) groups is 1. The number of carbonyl (C=O) groups excluding carboxylic acids is 1. The number of carboxylic acid groups (broad SMARTS) is 1. The molecule has 0 fully saturated rings. The van der Waals surface area contributed by atoms with Gasteiger partial charge in [-0.25, -0.2) is 4.98 Å². The van der Waals surface area contributed by atoms with Crippen LogP contribution in [0.15, 0.2) is 12.4 Å². The van der Waals surface area contributed by atoms with Gasteiger partial charge in [0.15, 0.2) is 5.15 Å². The zero-order valence-corrected chi connectivity index (χ0v) is 5.50. The summed E-state index contributed by atoms with van der Waals surface area (Å²) < 4.78 is 0. The topological polar surface area (TPSA) is 65.9 Å². The second kappa shape index (κ2) is 2.62. The third kappa shape index (κ3) is 1.22. The van der Waals surface area contributed by atoms with Gasteiger partial charge in [0.2, 0.25) is 0 Å². The Balaban J connectivity index is 3.15. The van der Waals surface area contributed by atoms with E-state index in [1.807, 2.05) is 0 Å². The van der Waals surface area contributed by atoms with Gasteiger partial charge in [0.05, 0.1) is 5.97 Å². The molecule has 10 heavy (non-hydrogen) atoms. The highest BCUT2D eigenvalue weighted by Crippen LogP contribution is 2.05. The molecule has 0 amide bonds. The molecule has 0 aliphatic rings. The predicted molar refractivity (Wildman–Crippen MR) is 31.4 cm³/mol. The van der Waals surface area contributed by atoms with Crippen LogP contribution >= 0.6 is 11.6 Å². The molecular formula is C5H2ClN2O2-. The van der Waals surface area contributed by atoms with E-state index in [0.29, 0.717) is 0 Å². The number of aromatic carboxylic acids is 1. The fourth-order valence-corrected chi connectivity index (χ4v) is 0.640. The molecule has 0 aromatic carbocycles. The maximum Gasteiger partial charge on any atom is 0.156 e. The van der Waals surface area contributed by atoms with Gasteiger partial charge in [-0.1, -0.05) is 11.6 Å². The third-order valence-electron chi connectivity index (χ3n) is 0.847. The van der Waals surface area contributed by atoms with E-state index in [4.69, 9.17) is 11.6 Å². The Kier molecular flexibility index (Phi) is 1.82. The van der Waals surface area contributed by atoms with Crippen molar-refractivity contribution in [2.24, 2.45) is 0 Å². The smallest absolute Gasteiger partial charge is 0.156 e. The quantitative estimate of drug-likeness (QED) is 0.551. The molecule has 1 aromatic heterocycles. The molecule has 0 N–H and O–H groups in total. The molecule has 1 heterocycles. The minimum Gasteiger partial charge on any atom is -0.543 e. The zero-order chi connectivity index (χ0) is 7.56. The molecule has 0 saturated heterocycles. The minimum atomic E-state index is -1.42. The maximum atomic E-state index is 10.1. The van der Waals surface area contributed by atoms with Crippen molar-refractivity contribution in [2.75, 3.05) is 0 Å².